The van der Waals surface area contributed by atoms with Gasteiger partial charge < -0.3 is 4.74 Å². The zero-order valence-electron chi connectivity index (χ0n) is 9.88. The van der Waals surface area contributed by atoms with Crippen molar-refractivity contribution in [2.24, 2.45) is 23.2 Å². The van der Waals surface area contributed by atoms with E-state index in [9.17, 15) is 4.79 Å². The Bertz CT molecular complexity index is 320. The lowest BCUT2D eigenvalue weighted by Crippen LogP contribution is -2.39. The van der Waals surface area contributed by atoms with Crippen LogP contribution in [0.5, 0.6) is 0 Å². The van der Waals surface area contributed by atoms with E-state index in [0.717, 1.165) is 24.7 Å². The monoisotopic (exact) mass is 208 g/mol. The van der Waals surface area contributed by atoms with Gasteiger partial charge in [0, 0.05) is 12.8 Å². The molecule has 0 radical (unpaired) electrons. The zero-order valence-corrected chi connectivity index (χ0v) is 9.88. The Balaban J connectivity index is 1.98. The highest BCUT2D eigenvalue weighted by Gasteiger charge is 2.69. The average molecular weight is 208 g/mol. The van der Waals surface area contributed by atoms with Crippen molar-refractivity contribution < 1.29 is 9.53 Å². The van der Waals surface area contributed by atoms with E-state index in [1.807, 2.05) is 0 Å². The third-order valence-electron chi connectivity index (χ3n) is 5.36. The lowest BCUT2D eigenvalue weighted by molar-refractivity contribution is -0.162. The van der Waals surface area contributed by atoms with Crippen molar-refractivity contribution in [3.8, 4) is 0 Å². The van der Waals surface area contributed by atoms with Crippen LogP contribution in [0.15, 0.2) is 0 Å². The molecule has 84 valence electrons. The predicted molar refractivity (Wildman–Crippen MR) is 57.2 cm³/mol. The number of carbonyl (C=O) groups excluding carboxylic acids is 1. The molecule has 3 saturated carbocycles. The minimum Gasteiger partial charge on any atom is -0.459 e. The molecule has 2 nitrogen and oxygen atoms in total. The number of ether oxygens (including phenoxy) is 1. The van der Waals surface area contributed by atoms with Crippen LogP contribution in [0.4, 0.5) is 0 Å². The maximum atomic E-state index is 11.2. The van der Waals surface area contributed by atoms with Gasteiger partial charge in [-0.15, -0.1) is 0 Å². The maximum absolute atomic E-state index is 11.2. The molecule has 4 atom stereocenters. The fourth-order valence-electron chi connectivity index (χ4n) is 5.08. The van der Waals surface area contributed by atoms with Crippen LogP contribution in [0.1, 0.15) is 46.5 Å². The van der Waals surface area contributed by atoms with E-state index in [-0.39, 0.29) is 11.6 Å². The number of rotatable bonds is 1. The highest BCUT2D eigenvalue weighted by Crippen LogP contribution is 2.71. The van der Waals surface area contributed by atoms with Crippen LogP contribution in [0, 0.1) is 23.2 Å². The molecule has 3 aliphatic carbocycles. The molecule has 0 unspecified atom stereocenters. The van der Waals surface area contributed by atoms with Crippen molar-refractivity contribution in [3.63, 3.8) is 0 Å². The Morgan fingerprint density at radius 2 is 2.13 bits per heavy atom. The molecule has 0 aromatic carbocycles. The summed E-state index contributed by atoms with van der Waals surface area (Å²) in [4.78, 5) is 11.2. The highest BCUT2D eigenvalue weighted by atomic mass is 16.6. The van der Waals surface area contributed by atoms with Crippen molar-refractivity contribution in [2.45, 2.75) is 52.1 Å². The van der Waals surface area contributed by atoms with Gasteiger partial charge in [-0.25, -0.2) is 0 Å². The Labute approximate surface area is 91.4 Å². The van der Waals surface area contributed by atoms with Crippen LogP contribution >= 0.6 is 0 Å². The first-order chi connectivity index (χ1) is 6.96. The molecule has 0 amide bonds. The molecule has 3 aliphatic rings. The minimum absolute atomic E-state index is 0.0666. The SMILES string of the molecule is CC(=O)O[C@@]12CC[C@H]3C[C@@H](C1)C(C)(C)[C@@H]32. The molecule has 15 heavy (non-hydrogen) atoms. The van der Waals surface area contributed by atoms with Gasteiger partial charge >= 0.3 is 5.97 Å². The quantitative estimate of drug-likeness (QED) is 0.619. The molecular formula is C13H20O2. The first kappa shape index (κ1) is 9.68. The van der Waals surface area contributed by atoms with Gasteiger partial charge in [0.1, 0.15) is 5.60 Å². The molecule has 3 fully saturated rings. The standard InChI is InChI=1S/C13H20O2/c1-8(14)15-13-5-4-9-6-10(7-13)12(2,3)11(9)13/h9-11H,4-7H2,1-3H3/t9-,10-,11+,13-/m0/s1. The average Bonchev–Trinajstić information content (AvgIpc) is 2.54. The summed E-state index contributed by atoms with van der Waals surface area (Å²) in [5.74, 6) is 2.17. The van der Waals surface area contributed by atoms with E-state index in [0.29, 0.717) is 11.3 Å². The van der Waals surface area contributed by atoms with Gasteiger partial charge in [-0.05, 0) is 42.9 Å². The van der Waals surface area contributed by atoms with Gasteiger partial charge in [-0.1, -0.05) is 13.8 Å². The topological polar surface area (TPSA) is 26.3 Å². The first-order valence-corrected chi connectivity index (χ1v) is 6.15. The second-order valence-electron chi connectivity index (χ2n) is 6.39. The molecule has 0 heterocycles. The smallest absolute Gasteiger partial charge is 0.303 e. The number of carbonyl (C=O) groups is 1. The van der Waals surface area contributed by atoms with E-state index in [1.165, 1.54) is 12.8 Å². The lowest BCUT2D eigenvalue weighted by Gasteiger charge is -2.35. The van der Waals surface area contributed by atoms with E-state index in [1.54, 1.807) is 6.92 Å². The van der Waals surface area contributed by atoms with E-state index in [4.69, 9.17) is 4.74 Å². The Hall–Kier alpha value is -0.530. The molecule has 2 heteroatoms. The molecule has 0 aliphatic heterocycles. The third-order valence-corrected chi connectivity index (χ3v) is 5.36. The van der Waals surface area contributed by atoms with Crippen LogP contribution in [-0.4, -0.2) is 11.6 Å². The minimum atomic E-state index is -0.0843. The van der Waals surface area contributed by atoms with Gasteiger partial charge in [0.05, 0.1) is 0 Å². The van der Waals surface area contributed by atoms with Crippen molar-refractivity contribution >= 4 is 5.97 Å². The first-order valence-electron chi connectivity index (χ1n) is 6.15. The fraction of sp³-hybridized carbons (Fsp3) is 0.923. The normalized spacial score (nSPS) is 49.7. The zero-order chi connectivity index (χ0) is 10.8. The highest BCUT2D eigenvalue weighted by molar-refractivity contribution is 5.66. The van der Waals surface area contributed by atoms with Gasteiger partial charge in [-0.3, -0.25) is 4.79 Å². The van der Waals surface area contributed by atoms with Crippen LogP contribution in [-0.2, 0) is 9.53 Å². The molecule has 0 N–H and O–H groups in total. The van der Waals surface area contributed by atoms with Gasteiger partial charge in [0.2, 0.25) is 0 Å². The molecule has 0 aromatic rings. The van der Waals surface area contributed by atoms with E-state index in [2.05, 4.69) is 13.8 Å². The van der Waals surface area contributed by atoms with Crippen LogP contribution in [0.3, 0.4) is 0 Å². The van der Waals surface area contributed by atoms with Crippen molar-refractivity contribution in [1.29, 1.82) is 0 Å². The van der Waals surface area contributed by atoms with Gasteiger partial charge in [0.25, 0.3) is 0 Å². The van der Waals surface area contributed by atoms with Crippen LogP contribution < -0.4 is 0 Å². The molecule has 3 rings (SSSR count). The molecule has 0 aromatic heterocycles. The summed E-state index contributed by atoms with van der Waals surface area (Å²) in [6.07, 6.45) is 4.89. The van der Waals surface area contributed by atoms with E-state index >= 15 is 0 Å². The molecular weight excluding hydrogens is 188 g/mol. The van der Waals surface area contributed by atoms with Crippen molar-refractivity contribution in [3.05, 3.63) is 0 Å². The summed E-state index contributed by atoms with van der Waals surface area (Å²) in [5.41, 5.74) is 0.333. The number of hydrogen-bond acceptors (Lipinski definition) is 2. The number of hydrogen-bond donors (Lipinski definition) is 0. The second-order valence-corrected chi connectivity index (χ2v) is 6.39. The summed E-state index contributed by atoms with van der Waals surface area (Å²) < 4.78 is 5.72. The summed E-state index contributed by atoms with van der Waals surface area (Å²) in [6.45, 7) is 6.30. The predicted octanol–water partition coefficient (Wildman–Crippen LogP) is 2.76. The maximum Gasteiger partial charge on any atom is 0.303 e. The Kier molecular flexibility index (Phi) is 1.67. The molecule has 0 saturated heterocycles. The Morgan fingerprint density at radius 1 is 1.40 bits per heavy atom. The molecule has 2 bridgehead atoms. The number of esters is 1. The second kappa shape index (κ2) is 2.58. The number of fused-ring (bicyclic) bond motifs is 1. The fourth-order valence-corrected chi connectivity index (χ4v) is 5.08. The van der Waals surface area contributed by atoms with Crippen LogP contribution in [0.2, 0.25) is 0 Å². The largest absolute Gasteiger partial charge is 0.459 e. The van der Waals surface area contributed by atoms with Crippen molar-refractivity contribution in [1.82, 2.24) is 0 Å². The molecule has 0 spiro atoms. The van der Waals surface area contributed by atoms with Crippen molar-refractivity contribution in [2.75, 3.05) is 0 Å². The third kappa shape index (κ3) is 1.03. The summed E-state index contributed by atoms with van der Waals surface area (Å²) in [6, 6.07) is 0. The van der Waals surface area contributed by atoms with Gasteiger partial charge in [-0.2, -0.15) is 0 Å². The Morgan fingerprint density at radius 3 is 2.73 bits per heavy atom. The van der Waals surface area contributed by atoms with Crippen LogP contribution in [0.25, 0.3) is 0 Å². The summed E-state index contributed by atoms with van der Waals surface area (Å²) in [7, 11) is 0. The summed E-state index contributed by atoms with van der Waals surface area (Å²) >= 11 is 0. The van der Waals surface area contributed by atoms with E-state index < -0.39 is 0 Å². The lowest BCUT2D eigenvalue weighted by atomic mass is 9.78. The summed E-state index contributed by atoms with van der Waals surface area (Å²) in [5, 5.41) is 0. The van der Waals surface area contributed by atoms with Gasteiger partial charge in [0.15, 0.2) is 0 Å².